The molecule has 14 heavy (non-hydrogen) atoms. The second-order valence-electron chi connectivity index (χ2n) is 3.27. The van der Waals surface area contributed by atoms with Crippen molar-refractivity contribution >= 4 is 33.9 Å². The van der Waals surface area contributed by atoms with Crippen LogP contribution in [0.2, 0.25) is 5.02 Å². The van der Waals surface area contributed by atoms with Gasteiger partial charge in [-0.25, -0.2) is 0 Å². The third-order valence-electron chi connectivity index (χ3n) is 2.14. The quantitative estimate of drug-likeness (QED) is 0.697. The molecule has 0 saturated carbocycles. The van der Waals surface area contributed by atoms with Gasteiger partial charge in [0.2, 0.25) is 0 Å². The standard InChI is InChI=1S/C10H10ClN3/c1-5-2-6-9(13)8(12)4-14-10(6)7(11)3-5/h2-4H,12H2,1H3,(H2,13,14). The first-order valence-corrected chi connectivity index (χ1v) is 4.57. The molecule has 0 spiro atoms. The van der Waals surface area contributed by atoms with E-state index in [4.69, 9.17) is 23.1 Å². The molecule has 0 unspecified atom stereocenters. The molecular formula is C10H10ClN3. The maximum atomic E-state index is 6.03. The van der Waals surface area contributed by atoms with Gasteiger partial charge in [-0.15, -0.1) is 0 Å². The van der Waals surface area contributed by atoms with Gasteiger partial charge in [0.25, 0.3) is 0 Å². The Morgan fingerprint density at radius 2 is 2.00 bits per heavy atom. The number of fused-ring (bicyclic) bond motifs is 1. The number of halogens is 1. The van der Waals surface area contributed by atoms with Crippen LogP contribution in [0.25, 0.3) is 10.9 Å². The Kier molecular flexibility index (Phi) is 1.97. The number of aromatic nitrogens is 1. The number of nitrogens with zero attached hydrogens (tertiary/aromatic N) is 1. The average Bonchev–Trinajstić information content (AvgIpc) is 2.12. The van der Waals surface area contributed by atoms with Crippen LogP contribution in [0.5, 0.6) is 0 Å². The Hall–Kier alpha value is -1.48. The first-order valence-electron chi connectivity index (χ1n) is 4.19. The Bertz CT molecular complexity index is 508. The molecule has 0 aliphatic heterocycles. The lowest BCUT2D eigenvalue weighted by molar-refractivity contribution is 1.40. The average molecular weight is 208 g/mol. The molecule has 0 amide bonds. The monoisotopic (exact) mass is 207 g/mol. The lowest BCUT2D eigenvalue weighted by Gasteiger charge is -2.06. The third kappa shape index (κ3) is 1.26. The number of nitrogen functional groups attached to an aromatic ring is 2. The minimum Gasteiger partial charge on any atom is -0.396 e. The number of aryl methyl sites for hydroxylation is 1. The number of benzene rings is 1. The van der Waals surface area contributed by atoms with E-state index in [1.54, 1.807) is 0 Å². The summed E-state index contributed by atoms with van der Waals surface area (Å²) >= 11 is 6.03. The van der Waals surface area contributed by atoms with E-state index in [0.717, 1.165) is 10.9 Å². The van der Waals surface area contributed by atoms with Crippen LogP contribution in [0.4, 0.5) is 11.4 Å². The Labute approximate surface area is 86.7 Å². The molecule has 0 fully saturated rings. The largest absolute Gasteiger partial charge is 0.396 e. The van der Waals surface area contributed by atoms with E-state index in [1.807, 2.05) is 19.1 Å². The van der Waals surface area contributed by atoms with Gasteiger partial charge in [0.15, 0.2) is 0 Å². The number of rotatable bonds is 0. The first kappa shape index (κ1) is 9.09. The topological polar surface area (TPSA) is 64.9 Å². The van der Waals surface area contributed by atoms with Crippen LogP contribution in [-0.4, -0.2) is 4.98 Å². The molecule has 0 bridgehead atoms. The fraction of sp³-hybridized carbons (Fsp3) is 0.100. The van der Waals surface area contributed by atoms with Gasteiger partial charge < -0.3 is 11.5 Å². The molecule has 1 aromatic carbocycles. The second-order valence-corrected chi connectivity index (χ2v) is 3.68. The van der Waals surface area contributed by atoms with Crippen molar-refractivity contribution in [3.05, 3.63) is 28.9 Å². The molecule has 0 aliphatic carbocycles. The first-order chi connectivity index (χ1) is 6.59. The summed E-state index contributed by atoms with van der Waals surface area (Å²) in [4.78, 5) is 4.15. The molecule has 2 aromatic rings. The number of hydrogen-bond acceptors (Lipinski definition) is 3. The van der Waals surface area contributed by atoms with Crippen molar-refractivity contribution in [2.75, 3.05) is 11.5 Å². The third-order valence-corrected chi connectivity index (χ3v) is 2.43. The molecule has 1 aromatic heterocycles. The lowest BCUT2D eigenvalue weighted by atomic mass is 10.1. The van der Waals surface area contributed by atoms with Crippen LogP contribution in [0, 0.1) is 6.92 Å². The van der Waals surface area contributed by atoms with Gasteiger partial charge in [-0.2, -0.15) is 0 Å². The molecule has 2 rings (SSSR count). The van der Waals surface area contributed by atoms with Gasteiger partial charge in [0.1, 0.15) is 0 Å². The lowest BCUT2D eigenvalue weighted by Crippen LogP contribution is -1.97. The summed E-state index contributed by atoms with van der Waals surface area (Å²) in [5.74, 6) is 0. The summed E-state index contributed by atoms with van der Waals surface area (Å²) in [6.45, 7) is 1.95. The highest BCUT2D eigenvalue weighted by Gasteiger charge is 2.06. The highest BCUT2D eigenvalue weighted by atomic mass is 35.5. The maximum absolute atomic E-state index is 6.03. The molecule has 4 N–H and O–H groups in total. The molecule has 0 radical (unpaired) electrons. The summed E-state index contributed by atoms with van der Waals surface area (Å²) in [6, 6.07) is 3.78. The number of hydrogen-bond donors (Lipinski definition) is 2. The van der Waals surface area contributed by atoms with E-state index in [1.165, 1.54) is 6.20 Å². The van der Waals surface area contributed by atoms with E-state index in [2.05, 4.69) is 4.98 Å². The molecule has 0 saturated heterocycles. The Morgan fingerprint density at radius 1 is 1.29 bits per heavy atom. The minimum absolute atomic E-state index is 0.485. The van der Waals surface area contributed by atoms with Crippen LogP contribution < -0.4 is 11.5 Å². The zero-order valence-electron chi connectivity index (χ0n) is 7.71. The van der Waals surface area contributed by atoms with Crippen molar-refractivity contribution in [1.82, 2.24) is 4.98 Å². The smallest absolute Gasteiger partial charge is 0.0910 e. The van der Waals surface area contributed by atoms with E-state index in [0.29, 0.717) is 21.9 Å². The van der Waals surface area contributed by atoms with Crippen molar-refractivity contribution in [2.24, 2.45) is 0 Å². The van der Waals surface area contributed by atoms with Gasteiger partial charge in [-0.3, -0.25) is 4.98 Å². The fourth-order valence-electron chi connectivity index (χ4n) is 1.43. The van der Waals surface area contributed by atoms with Crippen LogP contribution >= 0.6 is 11.6 Å². The van der Waals surface area contributed by atoms with Gasteiger partial charge >= 0.3 is 0 Å². The zero-order valence-corrected chi connectivity index (χ0v) is 8.47. The SMILES string of the molecule is Cc1cc(Cl)c2ncc(N)c(N)c2c1. The Morgan fingerprint density at radius 3 is 2.71 bits per heavy atom. The number of anilines is 2. The zero-order chi connectivity index (χ0) is 10.3. The summed E-state index contributed by atoms with van der Waals surface area (Å²) in [5, 5.41) is 1.42. The normalized spacial score (nSPS) is 10.7. The molecule has 0 aliphatic rings. The summed E-state index contributed by atoms with van der Waals surface area (Å²) in [5.41, 5.74) is 14.3. The van der Waals surface area contributed by atoms with Crippen LogP contribution in [0.1, 0.15) is 5.56 Å². The molecule has 0 atom stereocenters. The van der Waals surface area contributed by atoms with Crippen molar-refractivity contribution in [2.45, 2.75) is 6.92 Å². The predicted molar refractivity (Wildman–Crippen MR) is 60.3 cm³/mol. The molecule has 1 heterocycles. The van der Waals surface area contributed by atoms with Gasteiger partial charge in [0, 0.05) is 5.39 Å². The Balaban J connectivity index is 2.95. The summed E-state index contributed by atoms with van der Waals surface area (Å²) in [6.07, 6.45) is 1.53. The predicted octanol–water partition coefficient (Wildman–Crippen LogP) is 2.36. The summed E-state index contributed by atoms with van der Waals surface area (Å²) in [7, 11) is 0. The van der Waals surface area contributed by atoms with E-state index >= 15 is 0 Å². The van der Waals surface area contributed by atoms with E-state index < -0.39 is 0 Å². The summed E-state index contributed by atoms with van der Waals surface area (Å²) < 4.78 is 0. The number of nitrogens with two attached hydrogens (primary N) is 2. The molecular weight excluding hydrogens is 198 g/mol. The van der Waals surface area contributed by atoms with Crippen LogP contribution in [0.3, 0.4) is 0 Å². The van der Waals surface area contributed by atoms with E-state index in [9.17, 15) is 0 Å². The molecule has 72 valence electrons. The second kappa shape index (κ2) is 3.03. The van der Waals surface area contributed by atoms with Gasteiger partial charge in [-0.1, -0.05) is 11.6 Å². The van der Waals surface area contributed by atoms with Crippen molar-refractivity contribution < 1.29 is 0 Å². The fourth-order valence-corrected chi connectivity index (χ4v) is 1.75. The van der Waals surface area contributed by atoms with Crippen molar-refractivity contribution in [1.29, 1.82) is 0 Å². The van der Waals surface area contributed by atoms with Crippen molar-refractivity contribution in [3.63, 3.8) is 0 Å². The van der Waals surface area contributed by atoms with Gasteiger partial charge in [0.05, 0.1) is 28.1 Å². The number of pyridine rings is 1. The van der Waals surface area contributed by atoms with E-state index in [-0.39, 0.29) is 0 Å². The van der Waals surface area contributed by atoms with Crippen LogP contribution in [0.15, 0.2) is 18.3 Å². The van der Waals surface area contributed by atoms with Crippen molar-refractivity contribution in [3.8, 4) is 0 Å². The molecule has 3 nitrogen and oxygen atoms in total. The highest BCUT2D eigenvalue weighted by Crippen LogP contribution is 2.30. The minimum atomic E-state index is 0.485. The van der Waals surface area contributed by atoms with Crippen LogP contribution in [-0.2, 0) is 0 Å². The maximum Gasteiger partial charge on any atom is 0.0910 e. The highest BCUT2D eigenvalue weighted by molar-refractivity contribution is 6.35. The molecule has 4 heteroatoms. The van der Waals surface area contributed by atoms with Gasteiger partial charge in [-0.05, 0) is 24.6 Å².